The van der Waals surface area contributed by atoms with Gasteiger partial charge < -0.3 is 14.6 Å². The molecule has 0 aliphatic heterocycles. The van der Waals surface area contributed by atoms with E-state index in [4.69, 9.17) is 4.43 Å². The second-order valence-electron chi connectivity index (χ2n) is 7.83. The minimum atomic E-state index is -1.64. The molecule has 0 spiro atoms. The Morgan fingerprint density at radius 1 is 1.11 bits per heavy atom. The van der Waals surface area contributed by atoms with Gasteiger partial charge >= 0.3 is 0 Å². The van der Waals surface area contributed by atoms with Crippen LogP contribution in [0.25, 0.3) is 0 Å². The molecule has 0 aromatic heterocycles. The van der Waals surface area contributed by atoms with Crippen LogP contribution >= 0.6 is 0 Å². The fourth-order valence-corrected chi connectivity index (χ4v) is 3.45. The number of hydrogen-bond donors (Lipinski definition) is 2. The average molecular weight is 289 g/mol. The molecule has 19 heavy (non-hydrogen) atoms. The molecule has 0 radical (unpaired) electrons. The Kier molecular flexibility index (Phi) is 5.64. The third-order valence-corrected chi connectivity index (χ3v) is 9.82. The molecule has 2 N–H and O–H groups in total. The number of rotatable bonds is 5. The first-order valence-electron chi connectivity index (χ1n) is 7.51. The van der Waals surface area contributed by atoms with Crippen LogP contribution < -0.4 is 0 Å². The van der Waals surface area contributed by atoms with E-state index in [0.29, 0.717) is 5.92 Å². The lowest BCUT2D eigenvalue weighted by atomic mass is 9.71. The summed E-state index contributed by atoms with van der Waals surface area (Å²) in [5.74, 6) is 0.598. The SMILES string of the molecule is CC(C)(C)[Si](C)(C)OCC1CCC(CO)(CO)CC1. The maximum Gasteiger partial charge on any atom is 0.191 e. The fourth-order valence-electron chi connectivity index (χ4n) is 2.37. The van der Waals surface area contributed by atoms with Crippen LogP contribution in [-0.2, 0) is 4.43 Å². The zero-order valence-corrected chi connectivity index (χ0v) is 14.3. The van der Waals surface area contributed by atoms with E-state index in [1.165, 1.54) is 0 Å². The van der Waals surface area contributed by atoms with Crippen LogP contribution in [0.4, 0.5) is 0 Å². The van der Waals surface area contributed by atoms with E-state index in [9.17, 15) is 10.2 Å². The van der Waals surface area contributed by atoms with Crippen LogP contribution in [0, 0.1) is 11.3 Å². The highest BCUT2D eigenvalue weighted by molar-refractivity contribution is 6.74. The molecule has 0 heterocycles. The molecular weight excluding hydrogens is 256 g/mol. The third kappa shape index (κ3) is 4.28. The van der Waals surface area contributed by atoms with E-state index in [0.717, 1.165) is 32.3 Å². The second-order valence-corrected chi connectivity index (χ2v) is 12.6. The zero-order valence-electron chi connectivity index (χ0n) is 13.3. The van der Waals surface area contributed by atoms with Gasteiger partial charge in [0.15, 0.2) is 8.32 Å². The first-order chi connectivity index (χ1) is 8.66. The second kappa shape index (κ2) is 6.25. The van der Waals surface area contributed by atoms with Crippen molar-refractivity contribution < 1.29 is 14.6 Å². The standard InChI is InChI=1S/C15H32O3Si/c1-14(2,3)19(4,5)18-10-13-6-8-15(11-16,12-17)9-7-13/h13,16-17H,6-12H2,1-5H3. The summed E-state index contributed by atoms with van der Waals surface area (Å²) in [6.45, 7) is 12.5. The van der Waals surface area contributed by atoms with Crippen molar-refractivity contribution in [3.05, 3.63) is 0 Å². The van der Waals surface area contributed by atoms with E-state index < -0.39 is 8.32 Å². The van der Waals surface area contributed by atoms with Crippen LogP contribution in [0.15, 0.2) is 0 Å². The summed E-state index contributed by atoms with van der Waals surface area (Å²) in [5, 5.41) is 19.1. The molecule has 1 rings (SSSR count). The van der Waals surface area contributed by atoms with Crippen molar-refractivity contribution in [3.63, 3.8) is 0 Å². The van der Waals surface area contributed by atoms with Crippen molar-refractivity contribution in [2.75, 3.05) is 19.8 Å². The van der Waals surface area contributed by atoms with E-state index >= 15 is 0 Å². The smallest absolute Gasteiger partial charge is 0.191 e. The van der Waals surface area contributed by atoms with Crippen molar-refractivity contribution in [3.8, 4) is 0 Å². The molecule has 1 aliphatic carbocycles. The van der Waals surface area contributed by atoms with Gasteiger partial charge in [-0.25, -0.2) is 0 Å². The van der Waals surface area contributed by atoms with Crippen LogP contribution in [-0.4, -0.2) is 38.4 Å². The summed E-state index contributed by atoms with van der Waals surface area (Å²) in [5.41, 5.74) is -0.229. The largest absolute Gasteiger partial charge is 0.417 e. The van der Waals surface area contributed by atoms with Gasteiger partial charge in [-0.1, -0.05) is 20.8 Å². The molecule has 4 heteroatoms. The Morgan fingerprint density at radius 3 is 1.95 bits per heavy atom. The topological polar surface area (TPSA) is 49.7 Å². The number of aliphatic hydroxyl groups is 2. The Morgan fingerprint density at radius 2 is 1.58 bits per heavy atom. The summed E-state index contributed by atoms with van der Waals surface area (Å²) >= 11 is 0. The van der Waals surface area contributed by atoms with Gasteiger partial charge in [0.05, 0.1) is 13.2 Å². The lowest BCUT2D eigenvalue weighted by Crippen LogP contribution is -2.43. The number of aliphatic hydroxyl groups excluding tert-OH is 2. The summed E-state index contributed by atoms with van der Waals surface area (Å²) in [4.78, 5) is 0. The predicted octanol–water partition coefficient (Wildman–Crippen LogP) is 3.17. The zero-order chi connectivity index (χ0) is 14.7. The molecule has 114 valence electrons. The minimum absolute atomic E-state index is 0.110. The molecule has 0 saturated heterocycles. The molecule has 0 amide bonds. The molecular formula is C15H32O3Si. The number of hydrogen-bond acceptors (Lipinski definition) is 3. The summed E-state index contributed by atoms with van der Waals surface area (Å²) in [7, 11) is -1.64. The lowest BCUT2D eigenvalue weighted by Gasteiger charge is -2.40. The Balaban J connectivity index is 2.42. The summed E-state index contributed by atoms with van der Waals surface area (Å²) in [6, 6.07) is 0. The Labute approximate surface area is 119 Å². The van der Waals surface area contributed by atoms with Crippen molar-refractivity contribution in [1.82, 2.24) is 0 Å². The average Bonchev–Trinajstić information content (AvgIpc) is 2.36. The third-order valence-electron chi connectivity index (χ3n) is 5.32. The predicted molar refractivity (Wildman–Crippen MR) is 81.7 cm³/mol. The first-order valence-corrected chi connectivity index (χ1v) is 10.4. The molecule has 0 aromatic rings. The summed E-state index contributed by atoms with van der Waals surface area (Å²) in [6.07, 6.45) is 3.97. The molecule has 0 bridgehead atoms. The van der Waals surface area contributed by atoms with Crippen LogP contribution in [0.2, 0.25) is 18.1 Å². The molecule has 1 saturated carbocycles. The van der Waals surface area contributed by atoms with Crippen molar-refractivity contribution >= 4 is 8.32 Å². The van der Waals surface area contributed by atoms with E-state index in [1.54, 1.807) is 0 Å². The molecule has 0 atom stereocenters. The lowest BCUT2D eigenvalue weighted by molar-refractivity contribution is 0.00401. The molecule has 0 aromatic carbocycles. The van der Waals surface area contributed by atoms with Gasteiger partial charge in [-0.15, -0.1) is 0 Å². The van der Waals surface area contributed by atoms with Gasteiger partial charge in [-0.05, 0) is 49.7 Å². The van der Waals surface area contributed by atoms with Crippen LogP contribution in [0.3, 0.4) is 0 Å². The van der Waals surface area contributed by atoms with Gasteiger partial charge in [0.25, 0.3) is 0 Å². The highest BCUT2D eigenvalue weighted by Crippen LogP contribution is 2.40. The maximum absolute atomic E-state index is 9.41. The van der Waals surface area contributed by atoms with Gasteiger partial charge in [0.1, 0.15) is 0 Å². The monoisotopic (exact) mass is 288 g/mol. The van der Waals surface area contributed by atoms with Crippen LogP contribution in [0.1, 0.15) is 46.5 Å². The molecule has 0 unspecified atom stereocenters. The van der Waals surface area contributed by atoms with E-state index in [2.05, 4.69) is 33.9 Å². The molecule has 1 aliphatic rings. The Hall–Kier alpha value is 0.0969. The molecule has 3 nitrogen and oxygen atoms in total. The first kappa shape index (κ1) is 17.1. The van der Waals surface area contributed by atoms with Crippen molar-refractivity contribution in [2.45, 2.75) is 64.6 Å². The van der Waals surface area contributed by atoms with Gasteiger partial charge in [0, 0.05) is 12.0 Å². The van der Waals surface area contributed by atoms with Gasteiger partial charge in [-0.3, -0.25) is 0 Å². The summed E-state index contributed by atoms with van der Waals surface area (Å²) < 4.78 is 6.28. The minimum Gasteiger partial charge on any atom is -0.417 e. The fraction of sp³-hybridized carbons (Fsp3) is 1.00. The van der Waals surface area contributed by atoms with Crippen molar-refractivity contribution in [2.24, 2.45) is 11.3 Å². The highest BCUT2D eigenvalue weighted by atomic mass is 28.4. The van der Waals surface area contributed by atoms with Gasteiger partial charge in [0.2, 0.25) is 0 Å². The maximum atomic E-state index is 9.41. The molecule has 1 fully saturated rings. The van der Waals surface area contributed by atoms with Gasteiger partial charge in [-0.2, -0.15) is 0 Å². The highest BCUT2D eigenvalue weighted by Gasteiger charge is 2.39. The van der Waals surface area contributed by atoms with E-state index in [-0.39, 0.29) is 23.7 Å². The van der Waals surface area contributed by atoms with Crippen LogP contribution in [0.5, 0.6) is 0 Å². The quantitative estimate of drug-likeness (QED) is 0.764. The van der Waals surface area contributed by atoms with E-state index in [1.807, 2.05) is 0 Å². The van der Waals surface area contributed by atoms with Crippen molar-refractivity contribution in [1.29, 1.82) is 0 Å². The Bertz CT molecular complexity index is 270. The normalized spacial score (nSPS) is 21.6.